The number of carbonyl (C=O) groups excluding carboxylic acids is 1. The molecule has 2 aromatic rings. The second-order valence-corrected chi connectivity index (χ2v) is 4.81. The van der Waals surface area contributed by atoms with Gasteiger partial charge in [0.2, 0.25) is 0 Å². The molecule has 106 valence electrons. The van der Waals surface area contributed by atoms with E-state index in [4.69, 9.17) is 0 Å². The lowest BCUT2D eigenvalue weighted by molar-refractivity contribution is 0.0949. The van der Waals surface area contributed by atoms with Gasteiger partial charge in [-0.2, -0.15) is 0 Å². The van der Waals surface area contributed by atoms with Crippen molar-refractivity contribution in [3.8, 4) is 0 Å². The van der Waals surface area contributed by atoms with Gasteiger partial charge in [0.25, 0.3) is 5.91 Å². The molecule has 0 fully saturated rings. The van der Waals surface area contributed by atoms with Gasteiger partial charge in [-0.05, 0) is 39.8 Å². The molecule has 2 rings (SSSR count). The first kappa shape index (κ1) is 14.2. The molecular formula is C15H20N4O. The number of rotatable bonds is 4. The van der Waals surface area contributed by atoms with Crippen LogP contribution in [0.5, 0.6) is 0 Å². The first-order valence-electron chi connectivity index (χ1n) is 6.76. The highest BCUT2D eigenvalue weighted by Gasteiger charge is 2.14. The van der Waals surface area contributed by atoms with Gasteiger partial charge in [-0.25, -0.2) is 9.97 Å². The minimum Gasteiger partial charge on any atom is -0.349 e. The SMILES string of the molecule is CCn1c(C)cc(C(=O)NCc2ccnc(C)n2)c1C. The zero-order chi connectivity index (χ0) is 14.7. The quantitative estimate of drug-likeness (QED) is 0.927. The zero-order valence-electron chi connectivity index (χ0n) is 12.4. The molecule has 0 aliphatic heterocycles. The molecule has 5 heteroatoms. The first-order chi connectivity index (χ1) is 9.52. The van der Waals surface area contributed by atoms with Gasteiger partial charge in [0.15, 0.2) is 0 Å². The molecule has 2 heterocycles. The van der Waals surface area contributed by atoms with Crippen LogP contribution in [-0.4, -0.2) is 20.4 Å². The van der Waals surface area contributed by atoms with Crippen molar-refractivity contribution in [2.75, 3.05) is 0 Å². The van der Waals surface area contributed by atoms with E-state index < -0.39 is 0 Å². The molecular weight excluding hydrogens is 252 g/mol. The van der Waals surface area contributed by atoms with Gasteiger partial charge in [-0.1, -0.05) is 0 Å². The van der Waals surface area contributed by atoms with Crippen LogP contribution in [0.1, 0.15) is 40.2 Å². The van der Waals surface area contributed by atoms with Crippen molar-refractivity contribution in [2.45, 2.75) is 40.8 Å². The third kappa shape index (κ3) is 2.87. The fourth-order valence-corrected chi connectivity index (χ4v) is 2.39. The largest absolute Gasteiger partial charge is 0.349 e. The monoisotopic (exact) mass is 272 g/mol. The molecule has 1 amide bonds. The summed E-state index contributed by atoms with van der Waals surface area (Å²) in [5.74, 6) is 0.648. The second kappa shape index (κ2) is 5.86. The molecule has 0 atom stereocenters. The molecule has 20 heavy (non-hydrogen) atoms. The fraction of sp³-hybridized carbons (Fsp3) is 0.400. The molecule has 0 bridgehead atoms. The Morgan fingerprint density at radius 1 is 1.35 bits per heavy atom. The lowest BCUT2D eigenvalue weighted by Crippen LogP contribution is -2.24. The maximum atomic E-state index is 12.2. The van der Waals surface area contributed by atoms with Crippen molar-refractivity contribution < 1.29 is 4.79 Å². The van der Waals surface area contributed by atoms with Crippen LogP contribution in [0.3, 0.4) is 0 Å². The van der Waals surface area contributed by atoms with E-state index >= 15 is 0 Å². The van der Waals surface area contributed by atoms with Crippen molar-refractivity contribution in [2.24, 2.45) is 0 Å². The lowest BCUT2D eigenvalue weighted by atomic mass is 10.2. The molecule has 5 nitrogen and oxygen atoms in total. The second-order valence-electron chi connectivity index (χ2n) is 4.81. The molecule has 1 N–H and O–H groups in total. The topological polar surface area (TPSA) is 59.8 Å². The summed E-state index contributed by atoms with van der Waals surface area (Å²) in [4.78, 5) is 20.5. The van der Waals surface area contributed by atoms with E-state index in [0.29, 0.717) is 12.4 Å². The number of hydrogen-bond acceptors (Lipinski definition) is 3. The Kier molecular flexibility index (Phi) is 4.17. The van der Waals surface area contributed by atoms with Gasteiger partial charge in [-0.3, -0.25) is 4.79 Å². The minimum absolute atomic E-state index is 0.0611. The van der Waals surface area contributed by atoms with E-state index in [1.54, 1.807) is 6.20 Å². The van der Waals surface area contributed by atoms with Gasteiger partial charge in [-0.15, -0.1) is 0 Å². The summed E-state index contributed by atoms with van der Waals surface area (Å²) >= 11 is 0. The standard InChI is InChI=1S/C15H20N4O/c1-5-19-10(2)8-14(11(19)3)15(20)17-9-13-6-7-16-12(4)18-13/h6-8H,5,9H2,1-4H3,(H,17,20). The fourth-order valence-electron chi connectivity index (χ4n) is 2.39. The number of nitrogens with zero attached hydrogens (tertiary/aromatic N) is 3. The van der Waals surface area contributed by atoms with Gasteiger partial charge < -0.3 is 9.88 Å². The Balaban J connectivity index is 2.09. The van der Waals surface area contributed by atoms with Crippen molar-refractivity contribution >= 4 is 5.91 Å². The number of carbonyl (C=O) groups is 1. The maximum absolute atomic E-state index is 12.2. The normalized spacial score (nSPS) is 10.6. The lowest BCUT2D eigenvalue weighted by Gasteiger charge is -2.07. The van der Waals surface area contributed by atoms with Crippen LogP contribution in [0.25, 0.3) is 0 Å². The van der Waals surface area contributed by atoms with E-state index in [1.807, 2.05) is 32.9 Å². The highest BCUT2D eigenvalue weighted by atomic mass is 16.1. The Bertz CT molecular complexity index is 631. The summed E-state index contributed by atoms with van der Waals surface area (Å²) in [7, 11) is 0. The average Bonchev–Trinajstić information content (AvgIpc) is 2.71. The van der Waals surface area contributed by atoms with Crippen LogP contribution in [0.4, 0.5) is 0 Å². The van der Waals surface area contributed by atoms with Gasteiger partial charge in [0, 0.05) is 24.1 Å². The summed E-state index contributed by atoms with van der Waals surface area (Å²) in [5.41, 5.74) is 3.65. The molecule has 0 aromatic carbocycles. The Hall–Kier alpha value is -2.17. The molecule has 2 aromatic heterocycles. The van der Waals surface area contributed by atoms with Crippen molar-refractivity contribution in [3.05, 3.63) is 46.8 Å². The maximum Gasteiger partial charge on any atom is 0.253 e. The highest BCUT2D eigenvalue weighted by Crippen LogP contribution is 2.14. The van der Waals surface area contributed by atoms with Gasteiger partial charge in [0.1, 0.15) is 5.82 Å². The van der Waals surface area contributed by atoms with Crippen molar-refractivity contribution in [3.63, 3.8) is 0 Å². The molecule has 0 spiro atoms. The Labute approximate surface area is 119 Å². The predicted molar refractivity (Wildman–Crippen MR) is 77.5 cm³/mol. The summed E-state index contributed by atoms with van der Waals surface area (Å²) < 4.78 is 2.13. The average molecular weight is 272 g/mol. The van der Waals surface area contributed by atoms with E-state index in [-0.39, 0.29) is 5.91 Å². The molecule has 0 saturated heterocycles. The van der Waals surface area contributed by atoms with E-state index in [2.05, 4.69) is 26.8 Å². The number of hydrogen-bond donors (Lipinski definition) is 1. The third-order valence-electron chi connectivity index (χ3n) is 3.40. The van der Waals surface area contributed by atoms with Crippen LogP contribution < -0.4 is 5.32 Å². The minimum atomic E-state index is -0.0611. The van der Waals surface area contributed by atoms with Crippen LogP contribution in [0.2, 0.25) is 0 Å². The number of nitrogens with one attached hydrogen (secondary N) is 1. The molecule has 0 saturated carbocycles. The smallest absolute Gasteiger partial charge is 0.253 e. The molecule has 0 aliphatic rings. The van der Waals surface area contributed by atoms with Gasteiger partial charge in [0.05, 0.1) is 17.8 Å². The van der Waals surface area contributed by atoms with Crippen LogP contribution >= 0.6 is 0 Å². The number of aromatic nitrogens is 3. The summed E-state index contributed by atoms with van der Waals surface area (Å²) in [6.07, 6.45) is 1.70. The van der Waals surface area contributed by atoms with Crippen LogP contribution in [0.15, 0.2) is 18.3 Å². The van der Waals surface area contributed by atoms with E-state index in [0.717, 1.165) is 29.2 Å². The third-order valence-corrected chi connectivity index (χ3v) is 3.40. The zero-order valence-corrected chi connectivity index (χ0v) is 12.4. The highest BCUT2D eigenvalue weighted by molar-refractivity contribution is 5.95. The molecule has 0 aliphatic carbocycles. The number of amides is 1. The molecule has 0 radical (unpaired) electrons. The summed E-state index contributed by atoms with van der Waals surface area (Å²) in [6.45, 7) is 9.18. The van der Waals surface area contributed by atoms with Crippen molar-refractivity contribution in [1.29, 1.82) is 0 Å². The first-order valence-corrected chi connectivity index (χ1v) is 6.76. The molecule has 0 unspecified atom stereocenters. The number of aryl methyl sites for hydroxylation is 2. The summed E-state index contributed by atoms with van der Waals surface area (Å²) in [6, 6.07) is 3.74. The van der Waals surface area contributed by atoms with Crippen LogP contribution in [0, 0.1) is 20.8 Å². The van der Waals surface area contributed by atoms with E-state index in [9.17, 15) is 4.79 Å². The summed E-state index contributed by atoms with van der Waals surface area (Å²) in [5, 5.41) is 2.91. The Morgan fingerprint density at radius 3 is 2.70 bits per heavy atom. The Morgan fingerprint density at radius 2 is 2.10 bits per heavy atom. The van der Waals surface area contributed by atoms with Gasteiger partial charge >= 0.3 is 0 Å². The van der Waals surface area contributed by atoms with Crippen molar-refractivity contribution in [1.82, 2.24) is 19.9 Å². The van der Waals surface area contributed by atoms with E-state index in [1.165, 1.54) is 0 Å². The predicted octanol–water partition coefficient (Wildman–Crippen LogP) is 2.15. The van der Waals surface area contributed by atoms with Crippen LogP contribution in [-0.2, 0) is 13.1 Å².